The summed E-state index contributed by atoms with van der Waals surface area (Å²) in [4.78, 5) is 5.64. The van der Waals surface area contributed by atoms with Gasteiger partial charge in [-0.1, -0.05) is 13.8 Å². The molecule has 0 bridgehead atoms. The maximum absolute atomic E-state index is 13.3. The van der Waals surface area contributed by atoms with Crippen molar-refractivity contribution in [2.45, 2.75) is 33.2 Å². The number of benzene rings is 1. The van der Waals surface area contributed by atoms with E-state index in [9.17, 15) is 8.78 Å². The monoisotopic (exact) mass is 296 g/mol. The van der Waals surface area contributed by atoms with Crippen molar-refractivity contribution in [3.8, 4) is 10.6 Å². The standard InChI is InChI=1S/C15H18F2N2S/c1-3-5-18-9-14-13(4-2)19-15(20-14)10-6-11(16)8-12(17)7-10/h6-8,18H,3-5,9H2,1-2H3. The van der Waals surface area contributed by atoms with E-state index in [1.807, 2.05) is 6.92 Å². The summed E-state index contributed by atoms with van der Waals surface area (Å²) < 4.78 is 26.6. The van der Waals surface area contributed by atoms with Gasteiger partial charge in [0.25, 0.3) is 0 Å². The second-order valence-electron chi connectivity index (χ2n) is 4.58. The zero-order chi connectivity index (χ0) is 14.5. The van der Waals surface area contributed by atoms with Gasteiger partial charge in [0.05, 0.1) is 5.69 Å². The van der Waals surface area contributed by atoms with Gasteiger partial charge in [-0.15, -0.1) is 11.3 Å². The Hall–Kier alpha value is -1.33. The predicted octanol–water partition coefficient (Wildman–Crippen LogP) is 4.15. The number of hydrogen-bond acceptors (Lipinski definition) is 3. The van der Waals surface area contributed by atoms with Crippen LogP contribution in [0.3, 0.4) is 0 Å². The number of rotatable bonds is 6. The largest absolute Gasteiger partial charge is 0.312 e. The van der Waals surface area contributed by atoms with E-state index in [2.05, 4.69) is 17.2 Å². The number of halogens is 2. The van der Waals surface area contributed by atoms with Crippen molar-refractivity contribution in [3.05, 3.63) is 40.4 Å². The van der Waals surface area contributed by atoms with Gasteiger partial charge in [-0.3, -0.25) is 0 Å². The molecule has 0 saturated heterocycles. The van der Waals surface area contributed by atoms with Crippen LogP contribution in [0.25, 0.3) is 10.6 Å². The fraction of sp³-hybridized carbons (Fsp3) is 0.400. The fourth-order valence-electron chi connectivity index (χ4n) is 1.98. The second-order valence-corrected chi connectivity index (χ2v) is 5.66. The number of aromatic nitrogens is 1. The Balaban J connectivity index is 2.28. The van der Waals surface area contributed by atoms with E-state index >= 15 is 0 Å². The lowest BCUT2D eigenvalue weighted by atomic mass is 10.2. The van der Waals surface area contributed by atoms with E-state index in [4.69, 9.17) is 0 Å². The molecule has 1 aromatic heterocycles. The topological polar surface area (TPSA) is 24.9 Å². The number of aryl methyl sites for hydroxylation is 1. The summed E-state index contributed by atoms with van der Waals surface area (Å²) in [6, 6.07) is 3.52. The molecule has 0 unspecified atom stereocenters. The summed E-state index contributed by atoms with van der Waals surface area (Å²) in [7, 11) is 0. The molecule has 0 aliphatic carbocycles. The van der Waals surface area contributed by atoms with Crippen LogP contribution >= 0.6 is 11.3 Å². The lowest BCUT2D eigenvalue weighted by Gasteiger charge is -2.01. The molecule has 20 heavy (non-hydrogen) atoms. The molecule has 1 N–H and O–H groups in total. The van der Waals surface area contributed by atoms with E-state index in [1.165, 1.54) is 23.5 Å². The number of hydrogen-bond donors (Lipinski definition) is 1. The summed E-state index contributed by atoms with van der Waals surface area (Å²) in [5, 5.41) is 4.01. The van der Waals surface area contributed by atoms with Crippen LogP contribution in [0.2, 0.25) is 0 Å². The van der Waals surface area contributed by atoms with Gasteiger partial charge >= 0.3 is 0 Å². The molecule has 0 fully saturated rings. The highest BCUT2D eigenvalue weighted by molar-refractivity contribution is 7.15. The Morgan fingerprint density at radius 1 is 1.15 bits per heavy atom. The minimum absolute atomic E-state index is 0.504. The molecule has 0 aliphatic rings. The molecule has 2 rings (SSSR count). The third-order valence-electron chi connectivity index (χ3n) is 2.93. The summed E-state index contributed by atoms with van der Waals surface area (Å²) >= 11 is 1.50. The third kappa shape index (κ3) is 3.61. The van der Waals surface area contributed by atoms with Crippen molar-refractivity contribution in [2.75, 3.05) is 6.54 Å². The van der Waals surface area contributed by atoms with E-state index in [0.717, 1.165) is 42.6 Å². The first kappa shape index (κ1) is 15.1. The average Bonchev–Trinajstić information content (AvgIpc) is 2.81. The zero-order valence-electron chi connectivity index (χ0n) is 11.7. The molecular weight excluding hydrogens is 278 g/mol. The van der Waals surface area contributed by atoms with E-state index in [-0.39, 0.29) is 0 Å². The van der Waals surface area contributed by atoms with Crippen LogP contribution in [-0.2, 0) is 13.0 Å². The first-order chi connectivity index (χ1) is 9.63. The highest BCUT2D eigenvalue weighted by Crippen LogP contribution is 2.29. The molecule has 5 heteroatoms. The van der Waals surface area contributed by atoms with Crippen LogP contribution < -0.4 is 5.32 Å². The van der Waals surface area contributed by atoms with E-state index in [1.54, 1.807) is 0 Å². The maximum atomic E-state index is 13.3. The molecule has 108 valence electrons. The molecule has 1 aromatic carbocycles. The molecule has 0 amide bonds. The fourth-order valence-corrected chi connectivity index (χ4v) is 3.08. The minimum atomic E-state index is -0.570. The van der Waals surface area contributed by atoms with Gasteiger partial charge in [-0.05, 0) is 31.5 Å². The zero-order valence-corrected chi connectivity index (χ0v) is 12.5. The highest BCUT2D eigenvalue weighted by Gasteiger charge is 2.12. The van der Waals surface area contributed by atoms with Gasteiger partial charge in [0, 0.05) is 23.1 Å². The molecule has 0 radical (unpaired) electrons. The summed E-state index contributed by atoms with van der Waals surface area (Å²) in [6.45, 7) is 5.85. The normalized spacial score (nSPS) is 11.0. The smallest absolute Gasteiger partial charge is 0.126 e. The predicted molar refractivity (Wildman–Crippen MR) is 78.8 cm³/mol. The van der Waals surface area contributed by atoms with Crippen molar-refractivity contribution >= 4 is 11.3 Å². The Morgan fingerprint density at radius 3 is 2.45 bits per heavy atom. The van der Waals surface area contributed by atoms with Gasteiger partial charge in [0.1, 0.15) is 16.6 Å². The number of nitrogens with one attached hydrogen (secondary N) is 1. The number of thiazole rings is 1. The van der Waals surface area contributed by atoms with Crippen molar-refractivity contribution < 1.29 is 8.78 Å². The Kier molecular flexibility index (Phi) is 5.20. The van der Waals surface area contributed by atoms with Crippen LogP contribution in [0, 0.1) is 11.6 Å². The van der Waals surface area contributed by atoms with E-state index < -0.39 is 11.6 Å². The molecule has 2 aromatic rings. The Bertz CT molecular complexity index is 561. The summed E-state index contributed by atoms with van der Waals surface area (Å²) in [6.07, 6.45) is 1.89. The summed E-state index contributed by atoms with van der Waals surface area (Å²) in [5.41, 5.74) is 1.50. The van der Waals surface area contributed by atoms with Crippen LogP contribution in [-0.4, -0.2) is 11.5 Å². The SMILES string of the molecule is CCCNCc1sc(-c2cc(F)cc(F)c2)nc1CC. The molecular formula is C15H18F2N2S. The van der Waals surface area contributed by atoms with Gasteiger partial charge in [0.2, 0.25) is 0 Å². The van der Waals surface area contributed by atoms with Crippen LogP contribution in [0.1, 0.15) is 30.8 Å². The second kappa shape index (κ2) is 6.90. The van der Waals surface area contributed by atoms with Crippen molar-refractivity contribution in [2.24, 2.45) is 0 Å². The van der Waals surface area contributed by atoms with Crippen LogP contribution in [0.4, 0.5) is 8.78 Å². The van der Waals surface area contributed by atoms with Crippen molar-refractivity contribution in [1.82, 2.24) is 10.3 Å². The van der Waals surface area contributed by atoms with E-state index in [0.29, 0.717) is 10.6 Å². The van der Waals surface area contributed by atoms with Crippen molar-refractivity contribution in [3.63, 3.8) is 0 Å². The number of nitrogens with zero attached hydrogens (tertiary/aromatic N) is 1. The molecule has 0 saturated carbocycles. The van der Waals surface area contributed by atoms with Crippen LogP contribution in [0.15, 0.2) is 18.2 Å². The molecule has 1 heterocycles. The first-order valence-electron chi connectivity index (χ1n) is 6.79. The lowest BCUT2D eigenvalue weighted by molar-refractivity contribution is 0.584. The Morgan fingerprint density at radius 2 is 1.85 bits per heavy atom. The maximum Gasteiger partial charge on any atom is 0.126 e. The molecule has 0 spiro atoms. The third-order valence-corrected chi connectivity index (χ3v) is 4.08. The van der Waals surface area contributed by atoms with Gasteiger partial charge in [0.15, 0.2) is 0 Å². The Labute approximate surface area is 121 Å². The van der Waals surface area contributed by atoms with Gasteiger partial charge in [-0.2, -0.15) is 0 Å². The van der Waals surface area contributed by atoms with Crippen molar-refractivity contribution in [1.29, 1.82) is 0 Å². The summed E-state index contributed by atoms with van der Waals surface area (Å²) in [5.74, 6) is -1.14. The van der Waals surface area contributed by atoms with Crippen LogP contribution in [0.5, 0.6) is 0 Å². The minimum Gasteiger partial charge on any atom is -0.312 e. The quantitative estimate of drug-likeness (QED) is 0.810. The highest BCUT2D eigenvalue weighted by atomic mass is 32.1. The molecule has 2 nitrogen and oxygen atoms in total. The first-order valence-corrected chi connectivity index (χ1v) is 7.61. The van der Waals surface area contributed by atoms with Gasteiger partial charge < -0.3 is 5.32 Å². The molecule has 0 atom stereocenters. The molecule has 0 aliphatic heterocycles. The lowest BCUT2D eigenvalue weighted by Crippen LogP contribution is -2.13. The van der Waals surface area contributed by atoms with Gasteiger partial charge in [-0.25, -0.2) is 13.8 Å². The average molecular weight is 296 g/mol.